The van der Waals surface area contributed by atoms with Crippen molar-refractivity contribution in [1.29, 1.82) is 0 Å². The summed E-state index contributed by atoms with van der Waals surface area (Å²) in [7, 11) is 0. The van der Waals surface area contributed by atoms with Crippen LogP contribution in [0.3, 0.4) is 0 Å². The lowest BCUT2D eigenvalue weighted by Crippen LogP contribution is -2.18. The molecule has 1 aromatic heterocycles. The Balaban J connectivity index is 1.62. The zero-order valence-electron chi connectivity index (χ0n) is 12.5. The van der Waals surface area contributed by atoms with E-state index in [1.807, 2.05) is 18.0 Å². The average molecular weight is 302 g/mol. The summed E-state index contributed by atoms with van der Waals surface area (Å²) in [6, 6.07) is 6.22. The molecule has 0 aliphatic heterocycles. The van der Waals surface area contributed by atoms with E-state index < -0.39 is 0 Å². The minimum atomic E-state index is 0.352. The van der Waals surface area contributed by atoms with E-state index in [2.05, 4.69) is 30.1 Å². The second-order valence-electron chi connectivity index (χ2n) is 5.94. The molecule has 0 bridgehead atoms. The normalized spacial score (nSPS) is 22.6. The quantitative estimate of drug-likeness (QED) is 0.935. The van der Waals surface area contributed by atoms with Crippen molar-refractivity contribution in [2.75, 3.05) is 6.61 Å². The number of aliphatic hydroxyl groups excluding tert-OH is 1. The van der Waals surface area contributed by atoms with Gasteiger partial charge >= 0.3 is 0 Å². The molecule has 0 radical (unpaired) electrons. The lowest BCUT2D eigenvalue weighted by Gasteiger charge is -2.26. The Morgan fingerprint density at radius 1 is 1.24 bits per heavy atom. The van der Waals surface area contributed by atoms with Crippen LogP contribution in [0.5, 0.6) is 0 Å². The number of hydrogen-bond acceptors (Lipinski definition) is 4. The highest BCUT2D eigenvalue weighted by atomic mass is 32.2. The van der Waals surface area contributed by atoms with Gasteiger partial charge in [-0.3, -0.25) is 0 Å². The predicted molar refractivity (Wildman–Crippen MR) is 88.4 cm³/mol. The van der Waals surface area contributed by atoms with Gasteiger partial charge in [0.15, 0.2) is 0 Å². The first kappa shape index (κ1) is 14.8. The van der Waals surface area contributed by atoms with Gasteiger partial charge in [-0.1, -0.05) is 18.2 Å². The van der Waals surface area contributed by atoms with Crippen LogP contribution in [0.4, 0.5) is 0 Å². The smallest absolute Gasteiger partial charge is 0.138 e. The summed E-state index contributed by atoms with van der Waals surface area (Å²) < 4.78 is 0. The molecule has 1 aromatic carbocycles. The first-order valence-corrected chi connectivity index (χ1v) is 8.75. The van der Waals surface area contributed by atoms with Gasteiger partial charge in [0.25, 0.3) is 0 Å². The summed E-state index contributed by atoms with van der Waals surface area (Å²) in [6.45, 7) is 2.45. The van der Waals surface area contributed by atoms with E-state index in [1.165, 1.54) is 18.4 Å². The van der Waals surface area contributed by atoms with Crippen LogP contribution in [0.15, 0.2) is 24.4 Å². The van der Waals surface area contributed by atoms with Crippen molar-refractivity contribution in [3.8, 4) is 0 Å². The Hall–Kier alpha value is -1.13. The molecule has 0 amide bonds. The van der Waals surface area contributed by atoms with Crippen molar-refractivity contribution in [1.82, 2.24) is 9.97 Å². The van der Waals surface area contributed by atoms with Crippen molar-refractivity contribution in [3.05, 3.63) is 35.8 Å². The number of hydrogen-bond donors (Lipinski definition) is 1. The third-order valence-corrected chi connectivity index (χ3v) is 5.73. The molecule has 1 aliphatic carbocycles. The largest absolute Gasteiger partial charge is 0.396 e. The number of nitrogens with zero attached hydrogens (tertiary/aromatic N) is 2. The Bertz CT molecular complexity index is 609. The molecule has 0 spiro atoms. The highest BCUT2D eigenvalue weighted by molar-refractivity contribution is 7.99. The number of fused-ring (bicyclic) bond motifs is 1. The van der Waals surface area contributed by atoms with Gasteiger partial charge in [0.2, 0.25) is 0 Å². The first-order valence-electron chi connectivity index (χ1n) is 7.70. The standard InChI is InChI=1S/C17H22N2OS/c1-12-3-2-4-14-9-18-16(19-17(12)14)11-21-15-7-5-13(10-20)6-8-15/h2-4,9,13,15,20H,5-8,10-11H2,1H3. The summed E-state index contributed by atoms with van der Waals surface area (Å²) in [5, 5.41) is 11.0. The maximum absolute atomic E-state index is 9.18. The van der Waals surface area contributed by atoms with E-state index in [-0.39, 0.29) is 0 Å². The molecule has 1 saturated carbocycles. The van der Waals surface area contributed by atoms with Crippen LogP contribution in [0, 0.1) is 12.8 Å². The fourth-order valence-corrected chi connectivity index (χ4v) is 4.11. The third-order valence-electron chi connectivity index (χ3n) is 4.36. The third kappa shape index (κ3) is 3.55. The van der Waals surface area contributed by atoms with Crippen molar-refractivity contribution in [3.63, 3.8) is 0 Å². The van der Waals surface area contributed by atoms with Gasteiger partial charge in [0, 0.05) is 23.4 Å². The van der Waals surface area contributed by atoms with Gasteiger partial charge in [0.1, 0.15) is 5.82 Å². The molecule has 1 N–H and O–H groups in total. The molecular weight excluding hydrogens is 280 g/mol. The Labute approximate surface area is 130 Å². The SMILES string of the molecule is Cc1cccc2cnc(CSC3CCC(CO)CC3)nc12. The Morgan fingerprint density at radius 3 is 2.81 bits per heavy atom. The molecule has 0 unspecified atom stereocenters. The monoisotopic (exact) mass is 302 g/mol. The van der Waals surface area contributed by atoms with Gasteiger partial charge in [-0.05, 0) is 44.1 Å². The summed E-state index contributed by atoms with van der Waals surface area (Å²) in [5.41, 5.74) is 2.29. The second-order valence-corrected chi connectivity index (χ2v) is 7.22. The molecule has 112 valence electrons. The van der Waals surface area contributed by atoms with E-state index in [1.54, 1.807) is 0 Å². The number of aliphatic hydroxyl groups is 1. The molecular formula is C17H22N2OS. The van der Waals surface area contributed by atoms with Crippen LogP contribution in [-0.2, 0) is 5.75 Å². The van der Waals surface area contributed by atoms with Crippen LogP contribution in [0.2, 0.25) is 0 Å². The zero-order valence-corrected chi connectivity index (χ0v) is 13.3. The van der Waals surface area contributed by atoms with Crippen molar-refractivity contribution in [2.45, 2.75) is 43.6 Å². The van der Waals surface area contributed by atoms with Crippen LogP contribution < -0.4 is 0 Å². The summed E-state index contributed by atoms with van der Waals surface area (Å²) in [6.07, 6.45) is 6.68. The maximum atomic E-state index is 9.18. The van der Waals surface area contributed by atoms with E-state index in [0.717, 1.165) is 35.3 Å². The second kappa shape index (κ2) is 6.75. The summed E-state index contributed by atoms with van der Waals surface area (Å²) in [5.74, 6) is 2.35. The van der Waals surface area contributed by atoms with Crippen LogP contribution >= 0.6 is 11.8 Å². The van der Waals surface area contributed by atoms with Crippen LogP contribution in [-0.4, -0.2) is 26.9 Å². The van der Waals surface area contributed by atoms with Gasteiger partial charge < -0.3 is 5.11 Å². The number of aryl methyl sites for hydroxylation is 1. The van der Waals surface area contributed by atoms with Gasteiger partial charge in [-0.2, -0.15) is 11.8 Å². The highest BCUT2D eigenvalue weighted by Crippen LogP contribution is 2.33. The molecule has 1 aliphatic rings. The van der Waals surface area contributed by atoms with Gasteiger partial charge in [-0.25, -0.2) is 9.97 Å². The van der Waals surface area contributed by atoms with E-state index in [0.29, 0.717) is 17.8 Å². The van der Waals surface area contributed by atoms with Crippen molar-refractivity contribution < 1.29 is 5.11 Å². The lowest BCUT2D eigenvalue weighted by atomic mass is 9.90. The van der Waals surface area contributed by atoms with Gasteiger partial charge in [-0.15, -0.1) is 0 Å². The lowest BCUT2D eigenvalue weighted by molar-refractivity contribution is 0.192. The fraction of sp³-hybridized carbons (Fsp3) is 0.529. The first-order chi connectivity index (χ1) is 10.3. The number of thioether (sulfide) groups is 1. The molecule has 2 aromatic rings. The number of aromatic nitrogens is 2. The summed E-state index contributed by atoms with van der Waals surface area (Å²) in [4.78, 5) is 9.21. The number of rotatable bonds is 4. The molecule has 1 fully saturated rings. The molecule has 4 heteroatoms. The minimum Gasteiger partial charge on any atom is -0.396 e. The van der Waals surface area contributed by atoms with Gasteiger partial charge in [0.05, 0.1) is 11.3 Å². The highest BCUT2D eigenvalue weighted by Gasteiger charge is 2.21. The molecule has 3 rings (SSSR count). The van der Waals surface area contributed by atoms with Crippen LogP contribution in [0.1, 0.15) is 37.1 Å². The molecule has 0 atom stereocenters. The molecule has 3 nitrogen and oxygen atoms in total. The average Bonchev–Trinajstić information content (AvgIpc) is 2.54. The fourth-order valence-electron chi connectivity index (χ4n) is 2.98. The number of benzene rings is 1. The van der Waals surface area contributed by atoms with Crippen LogP contribution in [0.25, 0.3) is 10.9 Å². The Kier molecular flexibility index (Phi) is 4.76. The predicted octanol–water partition coefficient (Wildman–Crippen LogP) is 3.72. The minimum absolute atomic E-state index is 0.352. The topological polar surface area (TPSA) is 46.0 Å². The summed E-state index contributed by atoms with van der Waals surface area (Å²) >= 11 is 1.97. The molecule has 1 heterocycles. The van der Waals surface area contributed by atoms with Crippen molar-refractivity contribution in [2.24, 2.45) is 5.92 Å². The molecule has 21 heavy (non-hydrogen) atoms. The van der Waals surface area contributed by atoms with Crippen molar-refractivity contribution >= 4 is 22.7 Å². The zero-order chi connectivity index (χ0) is 14.7. The maximum Gasteiger partial charge on any atom is 0.138 e. The van der Waals surface area contributed by atoms with E-state index in [4.69, 9.17) is 4.98 Å². The Morgan fingerprint density at radius 2 is 2.05 bits per heavy atom. The van der Waals surface area contributed by atoms with E-state index in [9.17, 15) is 5.11 Å². The van der Waals surface area contributed by atoms with E-state index >= 15 is 0 Å². The molecule has 0 saturated heterocycles. The number of para-hydroxylation sites is 1.